The first kappa shape index (κ1) is 24.6. The molecule has 0 saturated carbocycles. The van der Waals surface area contributed by atoms with Crippen molar-refractivity contribution in [2.24, 2.45) is 0 Å². The van der Waals surface area contributed by atoms with Crippen molar-refractivity contribution < 1.29 is 9.53 Å². The number of benzene rings is 2. The molecule has 5 rings (SSSR count). The second-order valence-corrected chi connectivity index (χ2v) is 10.0. The van der Waals surface area contributed by atoms with Crippen molar-refractivity contribution in [2.45, 2.75) is 32.4 Å². The standard InChI is InChI=1S/C30H38N4O2/c1-24-22-34(23-25-10-5-3-6-11-25)29-27(36-2)14-17-33(30(35)28(24)29)16-9-15-31-18-20-32(21-19-31)26-12-7-4-8-13-26/h3-8,10-13,22,27H,9,14-21,23H2,1-2H3. The molecule has 2 aliphatic heterocycles. The molecule has 2 aliphatic rings. The van der Waals surface area contributed by atoms with Crippen LogP contribution in [0.3, 0.4) is 0 Å². The van der Waals surface area contributed by atoms with E-state index >= 15 is 0 Å². The molecule has 3 aromatic rings. The number of fused-ring (bicyclic) bond motifs is 1. The van der Waals surface area contributed by atoms with Gasteiger partial charge in [-0.15, -0.1) is 0 Å². The van der Waals surface area contributed by atoms with Crippen molar-refractivity contribution in [1.82, 2.24) is 14.4 Å². The number of aromatic nitrogens is 1. The summed E-state index contributed by atoms with van der Waals surface area (Å²) in [6, 6.07) is 21.1. The third-order valence-corrected chi connectivity index (χ3v) is 7.65. The van der Waals surface area contributed by atoms with E-state index in [1.54, 1.807) is 7.11 Å². The molecule has 0 radical (unpaired) electrons. The van der Waals surface area contributed by atoms with Crippen LogP contribution in [0, 0.1) is 6.92 Å². The monoisotopic (exact) mass is 486 g/mol. The summed E-state index contributed by atoms with van der Waals surface area (Å²) in [4.78, 5) is 20.8. The topological polar surface area (TPSA) is 41.0 Å². The van der Waals surface area contributed by atoms with Crippen LogP contribution in [0.2, 0.25) is 0 Å². The molecule has 2 aromatic carbocycles. The van der Waals surface area contributed by atoms with Crippen molar-refractivity contribution in [2.75, 3.05) is 57.8 Å². The van der Waals surface area contributed by atoms with Crippen LogP contribution >= 0.6 is 0 Å². The van der Waals surface area contributed by atoms with Gasteiger partial charge in [0.1, 0.15) is 0 Å². The van der Waals surface area contributed by atoms with Gasteiger partial charge in [-0.1, -0.05) is 48.5 Å². The van der Waals surface area contributed by atoms with Gasteiger partial charge >= 0.3 is 0 Å². The number of hydrogen-bond acceptors (Lipinski definition) is 4. The Bertz CT molecular complexity index is 1140. The molecule has 6 nitrogen and oxygen atoms in total. The van der Waals surface area contributed by atoms with Crippen LogP contribution in [0.4, 0.5) is 5.69 Å². The Morgan fingerprint density at radius 1 is 0.889 bits per heavy atom. The fourth-order valence-corrected chi connectivity index (χ4v) is 5.71. The second-order valence-electron chi connectivity index (χ2n) is 10.0. The zero-order chi connectivity index (χ0) is 24.9. The predicted molar refractivity (Wildman–Crippen MR) is 145 cm³/mol. The Balaban J connectivity index is 1.21. The number of anilines is 1. The van der Waals surface area contributed by atoms with E-state index in [0.717, 1.165) is 82.0 Å². The van der Waals surface area contributed by atoms with Gasteiger partial charge in [0.25, 0.3) is 5.91 Å². The van der Waals surface area contributed by atoms with Gasteiger partial charge in [-0.05, 0) is 49.6 Å². The number of carbonyl (C=O) groups is 1. The van der Waals surface area contributed by atoms with Gasteiger partial charge in [-0.3, -0.25) is 9.69 Å². The lowest BCUT2D eigenvalue weighted by Crippen LogP contribution is -2.47. The molecule has 0 bridgehead atoms. The van der Waals surface area contributed by atoms with E-state index in [-0.39, 0.29) is 12.0 Å². The van der Waals surface area contributed by atoms with E-state index in [2.05, 4.69) is 87.0 Å². The van der Waals surface area contributed by atoms with Gasteiger partial charge in [0.2, 0.25) is 0 Å². The number of nitrogens with zero attached hydrogens (tertiary/aromatic N) is 4. The highest BCUT2D eigenvalue weighted by Gasteiger charge is 2.33. The first-order valence-corrected chi connectivity index (χ1v) is 13.2. The van der Waals surface area contributed by atoms with Crippen LogP contribution < -0.4 is 4.90 Å². The average molecular weight is 487 g/mol. The van der Waals surface area contributed by atoms with Crippen LogP contribution in [0.25, 0.3) is 0 Å². The lowest BCUT2D eigenvalue weighted by atomic mass is 10.1. The summed E-state index contributed by atoms with van der Waals surface area (Å²) < 4.78 is 8.14. The minimum Gasteiger partial charge on any atom is -0.375 e. The molecule has 1 unspecified atom stereocenters. The first-order valence-electron chi connectivity index (χ1n) is 13.2. The van der Waals surface area contributed by atoms with Crippen LogP contribution in [-0.2, 0) is 11.3 Å². The molecular weight excluding hydrogens is 448 g/mol. The maximum absolute atomic E-state index is 13.7. The lowest BCUT2D eigenvalue weighted by molar-refractivity contribution is 0.0687. The Labute approximate surface area is 215 Å². The van der Waals surface area contributed by atoms with Crippen LogP contribution in [0.5, 0.6) is 0 Å². The molecule has 1 saturated heterocycles. The average Bonchev–Trinajstić information content (AvgIpc) is 3.15. The van der Waals surface area contributed by atoms with Gasteiger partial charge in [0, 0.05) is 64.8 Å². The molecule has 0 N–H and O–H groups in total. The number of rotatable bonds is 8. The fourth-order valence-electron chi connectivity index (χ4n) is 5.71. The quantitative estimate of drug-likeness (QED) is 0.467. The Hall–Kier alpha value is -3.09. The van der Waals surface area contributed by atoms with Crippen molar-refractivity contribution >= 4 is 11.6 Å². The second kappa shape index (κ2) is 11.3. The number of para-hydroxylation sites is 1. The number of hydrogen-bond donors (Lipinski definition) is 0. The SMILES string of the molecule is COC1CCN(CCCN2CCN(c3ccccc3)CC2)C(=O)c2c(C)cn(Cc3ccccc3)c21. The largest absolute Gasteiger partial charge is 0.375 e. The molecule has 0 spiro atoms. The summed E-state index contributed by atoms with van der Waals surface area (Å²) in [5.41, 5.74) is 5.45. The summed E-state index contributed by atoms with van der Waals surface area (Å²) in [5.74, 6) is 0.155. The molecule has 6 heteroatoms. The van der Waals surface area contributed by atoms with Crippen molar-refractivity contribution in [3.8, 4) is 0 Å². The Morgan fingerprint density at radius 2 is 1.58 bits per heavy atom. The molecule has 190 valence electrons. The third kappa shape index (κ3) is 5.35. The van der Waals surface area contributed by atoms with Crippen LogP contribution in [0.15, 0.2) is 66.9 Å². The van der Waals surface area contributed by atoms with E-state index < -0.39 is 0 Å². The number of methoxy groups -OCH3 is 1. The van der Waals surface area contributed by atoms with Gasteiger partial charge in [-0.25, -0.2) is 0 Å². The minimum absolute atomic E-state index is 0.0718. The van der Waals surface area contributed by atoms with E-state index in [1.807, 2.05) is 6.07 Å². The number of piperazine rings is 1. The van der Waals surface area contributed by atoms with E-state index in [9.17, 15) is 4.79 Å². The molecule has 1 aromatic heterocycles. The summed E-state index contributed by atoms with van der Waals surface area (Å²) >= 11 is 0. The normalized spacial score (nSPS) is 18.8. The highest BCUT2D eigenvalue weighted by Crippen LogP contribution is 2.33. The predicted octanol–water partition coefficient (Wildman–Crippen LogP) is 4.59. The Kier molecular flexibility index (Phi) is 7.73. The van der Waals surface area contributed by atoms with E-state index in [4.69, 9.17) is 4.74 Å². The maximum Gasteiger partial charge on any atom is 0.256 e. The zero-order valence-corrected chi connectivity index (χ0v) is 21.6. The van der Waals surface area contributed by atoms with E-state index in [0.29, 0.717) is 0 Å². The lowest BCUT2D eigenvalue weighted by Gasteiger charge is -2.36. The summed E-state index contributed by atoms with van der Waals surface area (Å²) in [7, 11) is 1.76. The molecule has 3 heterocycles. The van der Waals surface area contributed by atoms with Crippen LogP contribution in [-0.4, -0.2) is 73.2 Å². The van der Waals surface area contributed by atoms with Gasteiger partial charge in [0.15, 0.2) is 0 Å². The molecule has 1 atom stereocenters. The molecule has 1 amide bonds. The third-order valence-electron chi connectivity index (χ3n) is 7.65. The van der Waals surface area contributed by atoms with E-state index in [1.165, 1.54) is 11.3 Å². The maximum atomic E-state index is 13.7. The number of ether oxygens (including phenoxy) is 1. The fraction of sp³-hybridized carbons (Fsp3) is 0.433. The number of carbonyl (C=O) groups excluding carboxylic acids is 1. The molecule has 1 fully saturated rings. The summed E-state index contributed by atoms with van der Waals surface area (Å²) in [6.07, 6.45) is 3.87. The van der Waals surface area contributed by atoms with Gasteiger partial charge in [0.05, 0.1) is 17.4 Å². The van der Waals surface area contributed by atoms with Crippen molar-refractivity contribution in [1.29, 1.82) is 0 Å². The van der Waals surface area contributed by atoms with Crippen molar-refractivity contribution in [3.63, 3.8) is 0 Å². The number of aryl methyl sites for hydroxylation is 1. The zero-order valence-electron chi connectivity index (χ0n) is 21.6. The minimum atomic E-state index is -0.0718. The summed E-state index contributed by atoms with van der Waals surface area (Å²) in [5, 5.41) is 0. The highest BCUT2D eigenvalue weighted by atomic mass is 16.5. The first-order chi connectivity index (χ1) is 17.6. The molecular formula is C30H38N4O2. The van der Waals surface area contributed by atoms with Crippen molar-refractivity contribution in [3.05, 3.63) is 89.2 Å². The van der Waals surface area contributed by atoms with Gasteiger partial charge < -0.3 is 19.1 Å². The number of amides is 1. The highest BCUT2D eigenvalue weighted by molar-refractivity contribution is 5.97. The van der Waals surface area contributed by atoms with Crippen LogP contribution in [0.1, 0.15) is 46.1 Å². The summed E-state index contributed by atoms with van der Waals surface area (Å²) in [6.45, 7) is 9.61. The Morgan fingerprint density at radius 3 is 2.28 bits per heavy atom. The van der Waals surface area contributed by atoms with Gasteiger partial charge in [-0.2, -0.15) is 0 Å². The molecule has 36 heavy (non-hydrogen) atoms. The molecule has 0 aliphatic carbocycles. The smallest absolute Gasteiger partial charge is 0.256 e.